The minimum Gasteiger partial charge on any atom is -0.355 e. The van der Waals surface area contributed by atoms with Crippen molar-refractivity contribution in [2.45, 2.75) is 45.3 Å². The number of alkyl halides is 3. The Morgan fingerprint density at radius 1 is 0.919 bits per heavy atom. The number of benzene rings is 2. The lowest BCUT2D eigenvalue weighted by Crippen LogP contribution is -2.31. The molecule has 1 amide bonds. The van der Waals surface area contributed by atoms with E-state index in [1.54, 1.807) is 12.3 Å². The van der Waals surface area contributed by atoms with Crippen molar-refractivity contribution in [3.63, 3.8) is 0 Å². The standard InChI is InChI=1S/C29H33F3N4O/c1-28(2,3)23-10-8-22(9-11-23)27(37)34-25-12-13-26(33-19-25)36-15-5-14-35(16-17-36)20-21-6-4-7-24(18-21)29(30,31)32/h4,6-13,18-19H,5,14-17,20H2,1-3H3,(H,34,37). The van der Waals surface area contributed by atoms with Crippen molar-refractivity contribution >= 4 is 17.4 Å². The minimum atomic E-state index is -4.33. The zero-order chi connectivity index (χ0) is 26.6. The summed E-state index contributed by atoms with van der Waals surface area (Å²) in [5.41, 5.74) is 2.45. The first kappa shape index (κ1) is 26.7. The van der Waals surface area contributed by atoms with E-state index in [4.69, 9.17) is 0 Å². The summed E-state index contributed by atoms with van der Waals surface area (Å²) in [5, 5.41) is 2.90. The van der Waals surface area contributed by atoms with Crippen LogP contribution in [0.1, 0.15) is 54.2 Å². The number of hydrogen-bond acceptors (Lipinski definition) is 4. The quantitative estimate of drug-likeness (QED) is 0.434. The van der Waals surface area contributed by atoms with Crippen LogP contribution in [0.3, 0.4) is 0 Å². The molecule has 1 N–H and O–H groups in total. The van der Waals surface area contributed by atoms with Gasteiger partial charge in [-0.15, -0.1) is 0 Å². The predicted octanol–water partition coefficient (Wildman–Crippen LogP) is 6.36. The Morgan fingerprint density at radius 3 is 2.32 bits per heavy atom. The lowest BCUT2D eigenvalue weighted by molar-refractivity contribution is -0.137. The van der Waals surface area contributed by atoms with E-state index in [9.17, 15) is 18.0 Å². The van der Waals surface area contributed by atoms with Crippen LogP contribution in [-0.2, 0) is 18.1 Å². The highest BCUT2D eigenvalue weighted by Gasteiger charge is 2.30. The van der Waals surface area contributed by atoms with Crippen LogP contribution in [0.25, 0.3) is 0 Å². The number of nitrogens with zero attached hydrogens (tertiary/aromatic N) is 3. The largest absolute Gasteiger partial charge is 0.416 e. The topological polar surface area (TPSA) is 48.5 Å². The Balaban J connectivity index is 1.32. The molecule has 5 nitrogen and oxygen atoms in total. The molecule has 0 saturated carbocycles. The van der Waals surface area contributed by atoms with Gasteiger partial charge in [0.2, 0.25) is 0 Å². The molecular formula is C29H33F3N4O. The molecule has 0 spiro atoms. The van der Waals surface area contributed by atoms with Gasteiger partial charge in [0.25, 0.3) is 5.91 Å². The van der Waals surface area contributed by atoms with Crippen molar-refractivity contribution < 1.29 is 18.0 Å². The van der Waals surface area contributed by atoms with E-state index in [2.05, 4.69) is 40.9 Å². The maximum absolute atomic E-state index is 13.0. The van der Waals surface area contributed by atoms with Gasteiger partial charge >= 0.3 is 6.18 Å². The Kier molecular flexibility index (Phi) is 7.87. The third kappa shape index (κ3) is 7.10. The second-order valence-corrected chi connectivity index (χ2v) is 10.5. The van der Waals surface area contributed by atoms with Crippen LogP contribution in [-0.4, -0.2) is 42.0 Å². The van der Waals surface area contributed by atoms with E-state index in [1.807, 2.05) is 36.4 Å². The van der Waals surface area contributed by atoms with E-state index in [0.717, 1.165) is 44.5 Å². The molecule has 1 aromatic heterocycles. The first-order chi connectivity index (χ1) is 17.5. The molecule has 4 rings (SSSR count). The number of carbonyl (C=O) groups excluding carboxylic acids is 1. The number of hydrogen-bond donors (Lipinski definition) is 1. The van der Waals surface area contributed by atoms with Gasteiger partial charge in [0, 0.05) is 38.3 Å². The second kappa shape index (κ2) is 10.9. The average Bonchev–Trinajstić information content (AvgIpc) is 3.09. The zero-order valence-electron chi connectivity index (χ0n) is 21.5. The predicted molar refractivity (Wildman–Crippen MR) is 141 cm³/mol. The third-order valence-corrected chi connectivity index (χ3v) is 6.59. The summed E-state index contributed by atoms with van der Waals surface area (Å²) in [6.45, 7) is 9.92. The van der Waals surface area contributed by atoms with Gasteiger partial charge < -0.3 is 10.2 Å². The number of nitrogens with one attached hydrogen (secondary N) is 1. The number of aromatic nitrogens is 1. The van der Waals surface area contributed by atoms with Crippen molar-refractivity contribution in [2.75, 3.05) is 36.4 Å². The average molecular weight is 511 g/mol. The van der Waals surface area contributed by atoms with Crippen LogP contribution in [0.2, 0.25) is 0 Å². The molecule has 0 radical (unpaired) electrons. The van der Waals surface area contributed by atoms with Crippen LogP contribution in [0.5, 0.6) is 0 Å². The van der Waals surface area contributed by atoms with E-state index >= 15 is 0 Å². The summed E-state index contributed by atoms with van der Waals surface area (Å²) in [4.78, 5) is 21.5. The fourth-order valence-electron chi connectivity index (χ4n) is 4.43. The summed E-state index contributed by atoms with van der Waals surface area (Å²) >= 11 is 0. The molecular weight excluding hydrogens is 477 g/mol. The van der Waals surface area contributed by atoms with E-state index in [0.29, 0.717) is 23.4 Å². The summed E-state index contributed by atoms with van der Waals surface area (Å²) in [6.07, 6.45) is -1.80. The molecule has 2 heterocycles. The summed E-state index contributed by atoms with van der Waals surface area (Å²) in [5.74, 6) is 0.628. The van der Waals surface area contributed by atoms with E-state index in [1.165, 1.54) is 17.7 Å². The number of anilines is 2. The van der Waals surface area contributed by atoms with Crippen LogP contribution < -0.4 is 10.2 Å². The molecule has 3 aromatic rings. The fraction of sp³-hybridized carbons (Fsp3) is 0.379. The van der Waals surface area contributed by atoms with Crippen LogP contribution >= 0.6 is 0 Å². The van der Waals surface area contributed by atoms with Crippen molar-refractivity contribution in [3.8, 4) is 0 Å². The van der Waals surface area contributed by atoms with Gasteiger partial charge in [-0.3, -0.25) is 9.69 Å². The van der Waals surface area contributed by atoms with Crippen molar-refractivity contribution in [1.29, 1.82) is 0 Å². The van der Waals surface area contributed by atoms with E-state index in [-0.39, 0.29) is 11.3 Å². The summed E-state index contributed by atoms with van der Waals surface area (Å²) in [6, 6.07) is 16.9. The second-order valence-electron chi connectivity index (χ2n) is 10.5. The van der Waals surface area contributed by atoms with Crippen molar-refractivity contribution in [3.05, 3.63) is 89.1 Å². The minimum absolute atomic E-state index is 0.0251. The number of amides is 1. The Hall–Kier alpha value is -3.39. The number of pyridine rings is 1. The highest BCUT2D eigenvalue weighted by molar-refractivity contribution is 6.04. The maximum Gasteiger partial charge on any atom is 0.416 e. The Labute approximate surface area is 216 Å². The number of carbonyl (C=O) groups is 1. The van der Waals surface area contributed by atoms with Crippen molar-refractivity contribution in [1.82, 2.24) is 9.88 Å². The Morgan fingerprint density at radius 2 is 1.68 bits per heavy atom. The van der Waals surface area contributed by atoms with Gasteiger partial charge in [0.1, 0.15) is 5.82 Å². The van der Waals surface area contributed by atoms with Crippen LogP contribution in [0.4, 0.5) is 24.7 Å². The summed E-state index contributed by atoms with van der Waals surface area (Å²) in [7, 11) is 0. The van der Waals surface area contributed by atoms with Gasteiger partial charge in [-0.25, -0.2) is 4.98 Å². The lowest BCUT2D eigenvalue weighted by Gasteiger charge is -2.23. The summed E-state index contributed by atoms with van der Waals surface area (Å²) < 4.78 is 39.1. The smallest absolute Gasteiger partial charge is 0.355 e. The molecule has 0 unspecified atom stereocenters. The number of rotatable bonds is 5. The van der Waals surface area contributed by atoms with Crippen molar-refractivity contribution in [2.24, 2.45) is 0 Å². The first-order valence-corrected chi connectivity index (χ1v) is 12.5. The van der Waals surface area contributed by atoms with Gasteiger partial charge in [-0.1, -0.05) is 51.1 Å². The fourth-order valence-corrected chi connectivity index (χ4v) is 4.43. The highest BCUT2D eigenvalue weighted by Crippen LogP contribution is 2.30. The lowest BCUT2D eigenvalue weighted by atomic mass is 9.87. The third-order valence-electron chi connectivity index (χ3n) is 6.59. The molecule has 1 saturated heterocycles. The molecule has 1 aliphatic heterocycles. The molecule has 1 fully saturated rings. The molecule has 37 heavy (non-hydrogen) atoms. The molecule has 0 aliphatic carbocycles. The van der Waals surface area contributed by atoms with Gasteiger partial charge in [-0.05, 0) is 53.3 Å². The number of halogens is 3. The monoisotopic (exact) mass is 510 g/mol. The maximum atomic E-state index is 13.0. The molecule has 0 atom stereocenters. The molecule has 1 aliphatic rings. The molecule has 2 aromatic carbocycles. The Bertz CT molecular complexity index is 1200. The first-order valence-electron chi connectivity index (χ1n) is 12.5. The van der Waals surface area contributed by atoms with Crippen LogP contribution in [0.15, 0.2) is 66.9 Å². The molecule has 196 valence electrons. The molecule has 8 heteroatoms. The van der Waals surface area contributed by atoms with Gasteiger partial charge in [0.15, 0.2) is 0 Å². The highest BCUT2D eigenvalue weighted by atomic mass is 19.4. The zero-order valence-corrected chi connectivity index (χ0v) is 21.5. The van der Waals surface area contributed by atoms with Gasteiger partial charge in [0.05, 0.1) is 17.4 Å². The van der Waals surface area contributed by atoms with E-state index < -0.39 is 11.7 Å². The van der Waals surface area contributed by atoms with Gasteiger partial charge in [-0.2, -0.15) is 13.2 Å². The SMILES string of the molecule is CC(C)(C)c1ccc(C(=O)Nc2ccc(N3CCCN(Cc4cccc(C(F)(F)F)c4)CC3)nc2)cc1. The van der Waals surface area contributed by atoms with Crippen LogP contribution in [0, 0.1) is 0 Å². The normalized spacial score (nSPS) is 15.4. The molecule has 0 bridgehead atoms.